The van der Waals surface area contributed by atoms with Gasteiger partial charge in [0.05, 0.1) is 12.9 Å². The Bertz CT molecular complexity index is 1550. The summed E-state index contributed by atoms with van der Waals surface area (Å²) in [5.74, 6) is 0.325. The number of fused-ring (bicyclic) bond motifs is 4. The normalized spacial score (nSPS) is 11.9. The van der Waals surface area contributed by atoms with Crippen molar-refractivity contribution >= 4 is 33.0 Å². The number of aromatic nitrogens is 2. The van der Waals surface area contributed by atoms with Gasteiger partial charge in [0.15, 0.2) is 0 Å². The van der Waals surface area contributed by atoms with Gasteiger partial charge < -0.3 is 8.83 Å². The number of aryl methyl sites for hydroxylation is 1. The Morgan fingerprint density at radius 2 is 1.80 bits per heavy atom. The van der Waals surface area contributed by atoms with Crippen molar-refractivity contribution in [2.75, 3.05) is 0 Å². The third-order valence-corrected chi connectivity index (χ3v) is 5.53. The molecule has 0 aliphatic rings. The van der Waals surface area contributed by atoms with Gasteiger partial charge in [-0.2, -0.15) is 0 Å². The summed E-state index contributed by atoms with van der Waals surface area (Å²) >= 11 is 0. The Morgan fingerprint density at radius 3 is 2.60 bits per heavy atom. The molecule has 6 nitrogen and oxygen atoms in total. The molecule has 0 aliphatic heterocycles. The standard InChI is InChI=1S/C24H20N2O4/c1-13(2)17-10-18-15(9-21(27)29-20(18)8-14(17)3)11-26-12-25-22-16-6-4-5-7-19(16)30-23(22)24(26)28/h4-10,12-13H,11H2,1-3H3. The average molecular weight is 400 g/mol. The first-order chi connectivity index (χ1) is 14.4. The van der Waals surface area contributed by atoms with Gasteiger partial charge in [0, 0.05) is 16.8 Å². The monoisotopic (exact) mass is 400 g/mol. The molecular formula is C24H20N2O4. The first kappa shape index (κ1) is 18.4. The van der Waals surface area contributed by atoms with Gasteiger partial charge in [0.25, 0.3) is 5.56 Å². The summed E-state index contributed by atoms with van der Waals surface area (Å²) in [4.78, 5) is 29.7. The van der Waals surface area contributed by atoms with E-state index in [1.807, 2.05) is 43.3 Å². The van der Waals surface area contributed by atoms with Crippen LogP contribution in [0, 0.1) is 6.92 Å². The summed E-state index contributed by atoms with van der Waals surface area (Å²) in [6, 6.07) is 12.8. The van der Waals surface area contributed by atoms with Gasteiger partial charge in [-0.1, -0.05) is 26.0 Å². The number of benzene rings is 2. The van der Waals surface area contributed by atoms with Crippen molar-refractivity contribution in [1.82, 2.24) is 9.55 Å². The van der Waals surface area contributed by atoms with E-state index < -0.39 is 5.63 Å². The molecule has 3 aromatic heterocycles. The molecule has 0 atom stereocenters. The zero-order valence-corrected chi connectivity index (χ0v) is 16.9. The summed E-state index contributed by atoms with van der Waals surface area (Å²) < 4.78 is 12.6. The maximum absolute atomic E-state index is 13.1. The van der Waals surface area contributed by atoms with Crippen molar-refractivity contribution in [3.63, 3.8) is 0 Å². The van der Waals surface area contributed by atoms with Crippen LogP contribution in [0.1, 0.15) is 36.5 Å². The minimum Gasteiger partial charge on any atom is -0.448 e. The highest BCUT2D eigenvalue weighted by molar-refractivity contribution is 6.01. The van der Waals surface area contributed by atoms with E-state index in [1.165, 1.54) is 22.5 Å². The molecule has 0 fully saturated rings. The molecule has 150 valence electrons. The first-order valence-corrected chi connectivity index (χ1v) is 9.86. The first-order valence-electron chi connectivity index (χ1n) is 9.86. The Balaban J connectivity index is 1.70. The molecule has 3 heterocycles. The summed E-state index contributed by atoms with van der Waals surface area (Å²) in [5, 5.41) is 1.63. The summed E-state index contributed by atoms with van der Waals surface area (Å²) in [6.07, 6.45) is 1.50. The third kappa shape index (κ3) is 2.84. The van der Waals surface area contributed by atoms with E-state index in [0.717, 1.165) is 16.3 Å². The molecule has 0 saturated heterocycles. The van der Waals surface area contributed by atoms with Gasteiger partial charge in [-0.25, -0.2) is 9.78 Å². The van der Waals surface area contributed by atoms with Gasteiger partial charge in [-0.05, 0) is 53.8 Å². The highest BCUT2D eigenvalue weighted by Crippen LogP contribution is 2.28. The van der Waals surface area contributed by atoms with Crippen molar-refractivity contribution < 1.29 is 8.83 Å². The summed E-state index contributed by atoms with van der Waals surface area (Å²) in [7, 11) is 0. The van der Waals surface area contributed by atoms with Crippen molar-refractivity contribution in [1.29, 1.82) is 0 Å². The second-order valence-corrected chi connectivity index (χ2v) is 7.90. The Labute approximate surface area is 171 Å². The molecule has 0 N–H and O–H groups in total. The lowest BCUT2D eigenvalue weighted by atomic mass is 9.95. The summed E-state index contributed by atoms with van der Waals surface area (Å²) in [6.45, 7) is 6.45. The van der Waals surface area contributed by atoms with Crippen LogP contribution in [0.5, 0.6) is 0 Å². The van der Waals surface area contributed by atoms with Gasteiger partial charge in [-0.3, -0.25) is 9.36 Å². The van der Waals surface area contributed by atoms with Gasteiger partial charge >= 0.3 is 5.63 Å². The van der Waals surface area contributed by atoms with Crippen LogP contribution in [0.15, 0.2) is 67.2 Å². The predicted octanol–water partition coefficient (Wildman–Crippen LogP) is 4.73. The second kappa shape index (κ2) is 6.69. The lowest BCUT2D eigenvalue weighted by molar-refractivity contribution is 0.556. The van der Waals surface area contributed by atoms with Crippen LogP contribution in [0.25, 0.3) is 33.0 Å². The highest BCUT2D eigenvalue weighted by atomic mass is 16.4. The molecule has 0 aliphatic carbocycles. The van der Waals surface area contributed by atoms with E-state index in [-0.39, 0.29) is 17.7 Å². The van der Waals surface area contributed by atoms with Crippen molar-refractivity contribution in [3.8, 4) is 0 Å². The molecule has 0 saturated carbocycles. The maximum atomic E-state index is 13.1. The fourth-order valence-electron chi connectivity index (χ4n) is 4.06. The quantitative estimate of drug-likeness (QED) is 0.409. The number of furan rings is 1. The van der Waals surface area contributed by atoms with Gasteiger partial charge in [-0.15, -0.1) is 0 Å². The largest absolute Gasteiger partial charge is 0.448 e. The molecule has 0 amide bonds. The Morgan fingerprint density at radius 1 is 1.00 bits per heavy atom. The molecule has 0 unspecified atom stereocenters. The number of rotatable bonds is 3. The van der Waals surface area contributed by atoms with Crippen LogP contribution in [-0.2, 0) is 6.54 Å². The minimum absolute atomic E-state index is 0.196. The molecule has 5 rings (SSSR count). The number of hydrogen-bond donors (Lipinski definition) is 0. The van der Waals surface area contributed by atoms with Crippen molar-refractivity contribution in [2.24, 2.45) is 0 Å². The molecule has 30 heavy (non-hydrogen) atoms. The van der Waals surface area contributed by atoms with Crippen LogP contribution >= 0.6 is 0 Å². The fraction of sp³-hybridized carbons (Fsp3) is 0.208. The molecule has 2 aromatic carbocycles. The van der Waals surface area contributed by atoms with Gasteiger partial charge in [0.1, 0.15) is 16.7 Å². The molecule has 0 radical (unpaired) electrons. The number of hydrogen-bond acceptors (Lipinski definition) is 5. The molecule has 0 spiro atoms. The maximum Gasteiger partial charge on any atom is 0.336 e. The van der Waals surface area contributed by atoms with E-state index in [9.17, 15) is 9.59 Å². The number of para-hydroxylation sites is 1. The average Bonchev–Trinajstić information content (AvgIpc) is 3.08. The lowest BCUT2D eigenvalue weighted by Gasteiger charge is -2.13. The SMILES string of the molecule is Cc1cc2oc(=O)cc(Cn3cnc4c(oc5ccccc54)c3=O)c2cc1C(C)C. The fourth-order valence-corrected chi connectivity index (χ4v) is 4.06. The van der Waals surface area contributed by atoms with Crippen molar-refractivity contribution in [2.45, 2.75) is 33.2 Å². The van der Waals surface area contributed by atoms with Gasteiger partial charge in [0.2, 0.25) is 5.58 Å². The Hall–Kier alpha value is -3.67. The lowest BCUT2D eigenvalue weighted by Crippen LogP contribution is -2.21. The molecule has 0 bridgehead atoms. The smallest absolute Gasteiger partial charge is 0.336 e. The second-order valence-electron chi connectivity index (χ2n) is 7.90. The Kier molecular flexibility index (Phi) is 4.10. The van der Waals surface area contributed by atoms with Crippen LogP contribution in [0.4, 0.5) is 0 Å². The molecule has 5 aromatic rings. The van der Waals surface area contributed by atoms with Crippen LogP contribution in [0.3, 0.4) is 0 Å². The topological polar surface area (TPSA) is 78.2 Å². The van der Waals surface area contributed by atoms with Crippen molar-refractivity contribution in [3.05, 3.63) is 86.3 Å². The highest BCUT2D eigenvalue weighted by Gasteiger charge is 2.16. The van der Waals surface area contributed by atoms with Crippen LogP contribution in [0.2, 0.25) is 0 Å². The van der Waals surface area contributed by atoms with E-state index in [2.05, 4.69) is 18.8 Å². The number of nitrogens with zero attached hydrogens (tertiary/aromatic N) is 2. The molecule has 6 heteroatoms. The van der Waals surface area contributed by atoms with Crippen LogP contribution in [-0.4, -0.2) is 9.55 Å². The van der Waals surface area contributed by atoms with E-state index >= 15 is 0 Å². The minimum atomic E-state index is -0.444. The van der Waals surface area contributed by atoms with E-state index in [4.69, 9.17) is 8.83 Å². The zero-order chi connectivity index (χ0) is 21.0. The zero-order valence-electron chi connectivity index (χ0n) is 16.9. The van der Waals surface area contributed by atoms with E-state index in [1.54, 1.807) is 0 Å². The van der Waals surface area contributed by atoms with E-state index in [0.29, 0.717) is 28.2 Å². The summed E-state index contributed by atoms with van der Waals surface area (Å²) in [5.41, 5.74) is 4.13. The third-order valence-electron chi connectivity index (χ3n) is 5.53. The predicted molar refractivity (Wildman–Crippen MR) is 116 cm³/mol. The van der Waals surface area contributed by atoms with Crippen LogP contribution < -0.4 is 11.2 Å². The molecular weight excluding hydrogens is 380 g/mol.